The average Bonchev–Trinajstić information content (AvgIpc) is 2.47. The van der Waals surface area contributed by atoms with E-state index in [2.05, 4.69) is 46.9 Å². The Morgan fingerprint density at radius 1 is 1.50 bits per heavy atom. The van der Waals surface area contributed by atoms with Crippen LogP contribution in [0, 0.1) is 0 Å². The topological polar surface area (TPSA) is 29.3 Å². The number of rotatable bonds is 4. The third-order valence-electron chi connectivity index (χ3n) is 3.47. The molecule has 0 radical (unpaired) electrons. The van der Waals surface area contributed by atoms with Gasteiger partial charge < -0.3 is 5.73 Å². The molecule has 0 bridgehead atoms. The van der Waals surface area contributed by atoms with Crippen molar-refractivity contribution in [2.45, 2.75) is 44.3 Å². The molecular formula is C12H19BrN2S. The molecule has 2 unspecified atom stereocenters. The normalized spacial score (nSPS) is 20.8. The van der Waals surface area contributed by atoms with Crippen molar-refractivity contribution in [3.63, 3.8) is 0 Å². The molecular weight excluding hydrogens is 284 g/mol. The molecule has 1 saturated carbocycles. The van der Waals surface area contributed by atoms with Gasteiger partial charge in [-0.15, -0.1) is 11.3 Å². The Hall–Kier alpha value is 0.1000. The van der Waals surface area contributed by atoms with Crippen LogP contribution in [0.25, 0.3) is 0 Å². The second-order valence-electron chi connectivity index (χ2n) is 4.70. The van der Waals surface area contributed by atoms with E-state index in [4.69, 9.17) is 5.73 Å². The van der Waals surface area contributed by atoms with Gasteiger partial charge in [-0.1, -0.05) is 6.42 Å². The smallest absolute Gasteiger partial charge is 0.0702 e. The minimum atomic E-state index is 0.177. The van der Waals surface area contributed by atoms with E-state index in [1.165, 1.54) is 27.9 Å². The molecule has 1 aliphatic rings. The van der Waals surface area contributed by atoms with Crippen molar-refractivity contribution in [1.29, 1.82) is 0 Å². The van der Waals surface area contributed by atoms with Crippen LogP contribution in [0.1, 0.15) is 37.1 Å². The summed E-state index contributed by atoms with van der Waals surface area (Å²) in [4.78, 5) is 3.84. The van der Waals surface area contributed by atoms with Crippen molar-refractivity contribution in [2.24, 2.45) is 5.73 Å². The van der Waals surface area contributed by atoms with E-state index in [-0.39, 0.29) is 6.04 Å². The minimum absolute atomic E-state index is 0.177. The predicted molar refractivity (Wildman–Crippen MR) is 73.8 cm³/mol. The molecule has 0 amide bonds. The van der Waals surface area contributed by atoms with Gasteiger partial charge >= 0.3 is 0 Å². The summed E-state index contributed by atoms with van der Waals surface area (Å²) >= 11 is 5.33. The zero-order valence-electron chi connectivity index (χ0n) is 9.82. The lowest BCUT2D eigenvalue weighted by molar-refractivity contribution is 0.0997. The number of hydrogen-bond donors (Lipinski definition) is 1. The molecule has 90 valence electrons. The number of nitrogens with two attached hydrogens (primary N) is 1. The predicted octanol–water partition coefficient (Wildman–Crippen LogP) is 3.38. The molecule has 0 aromatic carbocycles. The molecule has 1 aromatic rings. The van der Waals surface area contributed by atoms with Crippen LogP contribution in [0.4, 0.5) is 0 Å². The van der Waals surface area contributed by atoms with Gasteiger partial charge in [0.15, 0.2) is 0 Å². The molecule has 16 heavy (non-hydrogen) atoms. The average molecular weight is 303 g/mol. The Bertz CT molecular complexity index is 347. The van der Waals surface area contributed by atoms with E-state index >= 15 is 0 Å². The van der Waals surface area contributed by atoms with Crippen molar-refractivity contribution < 1.29 is 0 Å². The number of hydrogen-bond acceptors (Lipinski definition) is 3. The SMILES string of the molecule is CC(N)C(c1ccc(Br)s1)N(C)C1CCC1. The lowest BCUT2D eigenvalue weighted by Gasteiger charge is -2.41. The second-order valence-corrected chi connectivity index (χ2v) is 7.19. The fourth-order valence-corrected chi connectivity index (χ4v) is 4.03. The molecule has 2 nitrogen and oxygen atoms in total. The largest absolute Gasteiger partial charge is 0.326 e. The van der Waals surface area contributed by atoms with Gasteiger partial charge in [0, 0.05) is 17.0 Å². The summed E-state index contributed by atoms with van der Waals surface area (Å²) in [5.74, 6) is 0. The molecule has 0 saturated heterocycles. The number of likely N-dealkylation sites (N-methyl/N-ethyl adjacent to an activating group) is 1. The van der Waals surface area contributed by atoms with Crippen LogP contribution in [0.15, 0.2) is 15.9 Å². The van der Waals surface area contributed by atoms with E-state index in [0.717, 1.165) is 6.04 Å². The second kappa shape index (κ2) is 5.17. The Morgan fingerprint density at radius 2 is 2.19 bits per heavy atom. The molecule has 4 heteroatoms. The van der Waals surface area contributed by atoms with E-state index in [1.54, 1.807) is 11.3 Å². The maximum absolute atomic E-state index is 6.15. The lowest BCUT2D eigenvalue weighted by Crippen LogP contribution is -2.45. The first kappa shape index (κ1) is 12.6. The third kappa shape index (κ3) is 2.50. The number of nitrogens with zero attached hydrogens (tertiary/aromatic N) is 1. The van der Waals surface area contributed by atoms with Crippen LogP contribution < -0.4 is 5.73 Å². The summed E-state index contributed by atoms with van der Waals surface area (Å²) < 4.78 is 1.19. The zero-order chi connectivity index (χ0) is 11.7. The van der Waals surface area contributed by atoms with Gasteiger partial charge in [-0.25, -0.2) is 0 Å². The number of thiophene rings is 1. The highest BCUT2D eigenvalue weighted by Crippen LogP contribution is 2.36. The van der Waals surface area contributed by atoms with E-state index < -0.39 is 0 Å². The molecule has 2 N–H and O–H groups in total. The van der Waals surface area contributed by atoms with E-state index in [9.17, 15) is 0 Å². The molecule has 1 aliphatic carbocycles. The number of halogens is 1. The van der Waals surface area contributed by atoms with Crippen molar-refractivity contribution in [3.8, 4) is 0 Å². The minimum Gasteiger partial charge on any atom is -0.326 e. The molecule has 2 rings (SSSR count). The summed E-state index contributed by atoms with van der Waals surface area (Å²) in [6, 6.07) is 5.58. The standard InChI is InChI=1S/C12H19BrN2S/c1-8(14)12(10-6-7-11(13)16-10)15(2)9-4-3-5-9/h6-9,12H,3-5,14H2,1-2H3. The Balaban J connectivity index is 2.16. The molecule has 1 aromatic heterocycles. The fourth-order valence-electron chi connectivity index (χ4n) is 2.34. The highest BCUT2D eigenvalue weighted by Gasteiger charge is 2.31. The highest BCUT2D eigenvalue weighted by atomic mass is 79.9. The maximum atomic E-state index is 6.15. The molecule has 1 fully saturated rings. The van der Waals surface area contributed by atoms with Crippen LogP contribution in [0.5, 0.6) is 0 Å². The first-order valence-electron chi connectivity index (χ1n) is 5.82. The van der Waals surface area contributed by atoms with E-state index in [1.807, 2.05) is 0 Å². The molecule has 0 spiro atoms. The van der Waals surface area contributed by atoms with Crippen LogP contribution in [0.3, 0.4) is 0 Å². The quantitative estimate of drug-likeness (QED) is 0.924. The van der Waals surface area contributed by atoms with Crippen molar-refractivity contribution in [1.82, 2.24) is 4.90 Å². The Morgan fingerprint density at radius 3 is 2.56 bits per heavy atom. The molecule has 0 aliphatic heterocycles. The van der Waals surface area contributed by atoms with Crippen LogP contribution >= 0.6 is 27.3 Å². The van der Waals surface area contributed by atoms with Crippen LogP contribution in [0.2, 0.25) is 0 Å². The van der Waals surface area contributed by atoms with Gasteiger partial charge in [-0.05, 0) is 54.9 Å². The summed E-state index contributed by atoms with van der Waals surface area (Å²) in [5, 5.41) is 0. The van der Waals surface area contributed by atoms with Crippen molar-refractivity contribution >= 4 is 27.3 Å². The summed E-state index contributed by atoms with van der Waals surface area (Å²) in [5.41, 5.74) is 6.15. The molecule has 2 atom stereocenters. The monoisotopic (exact) mass is 302 g/mol. The Kier molecular flexibility index (Phi) is 4.06. The first-order chi connectivity index (χ1) is 7.59. The van der Waals surface area contributed by atoms with Gasteiger partial charge in [0.05, 0.1) is 9.83 Å². The fraction of sp³-hybridized carbons (Fsp3) is 0.667. The zero-order valence-corrected chi connectivity index (χ0v) is 12.2. The van der Waals surface area contributed by atoms with Gasteiger partial charge in [0.1, 0.15) is 0 Å². The summed E-state index contributed by atoms with van der Waals surface area (Å²) in [6.07, 6.45) is 4.02. The van der Waals surface area contributed by atoms with E-state index in [0.29, 0.717) is 6.04 Å². The Labute approximate surface area is 110 Å². The highest BCUT2D eigenvalue weighted by molar-refractivity contribution is 9.11. The van der Waals surface area contributed by atoms with Gasteiger partial charge in [-0.2, -0.15) is 0 Å². The summed E-state index contributed by atoms with van der Waals surface area (Å²) in [6.45, 7) is 2.10. The lowest BCUT2D eigenvalue weighted by atomic mass is 9.89. The van der Waals surface area contributed by atoms with Gasteiger partial charge in [-0.3, -0.25) is 4.90 Å². The first-order valence-corrected chi connectivity index (χ1v) is 7.43. The van der Waals surface area contributed by atoms with Gasteiger partial charge in [0.25, 0.3) is 0 Å². The van der Waals surface area contributed by atoms with Crippen LogP contribution in [-0.2, 0) is 0 Å². The van der Waals surface area contributed by atoms with Crippen LogP contribution in [-0.4, -0.2) is 24.0 Å². The van der Waals surface area contributed by atoms with Crippen molar-refractivity contribution in [2.75, 3.05) is 7.05 Å². The van der Waals surface area contributed by atoms with Gasteiger partial charge in [0.2, 0.25) is 0 Å². The maximum Gasteiger partial charge on any atom is 0.0702 e. The van der Waals surface area contributed by atoms with Crippen molar-refractivity contribution in [3.05, 3.63) is 20.8 Å². The summed E-state index contributed by atoms with van der Waals surface area (Å²) in [7, 11) is 2.21. The third-order valence-corrected chi connectivity index (χ3v) is 5.17. The molecule has 1 heterocycles.